The van der Waals surface area contributed by atoms with Crippen LogP contribution in [0.25, 0.3) is 0 Å². The molecule has 0 saturated carbocycles. The molecule has 0 spiro atoms. The van der Waals surface area contributed by atoms with E-state index in [4.69, 9.17) is 18.9 Å². The van der Waals surface area contributed by atoms with Crippen LogP contribution in [0.5, 0.6) is 5.75 Å². The zero-order chi connectivity index (χ0) is 22.3. The summed E-state index contributed by atoms with van der Waals surface area (Å²) in [6, 6.07) is 11.0. The molecule has 1 saturated heterocycles. The second-order valence-electron chi connectivity index (χ2n) is 7.77. The predicted molar refractivity (Wildman–Crippen MR) is 117 cm³/mol. The van der Waals surface area contributed by atoms with E-state index < -0.39 is 0 Å². The Labute approximate surface area is 186 Å². The van der Waals surface area contributed by atoms with Gasteiger partial charge in [-0.3, -0.25) is 14.3 Å². The number of hydrogen-bond acceptors (Lipinski definition) is 7. The summed E-state index contributed by atoms with van der Waals surface area (Å²) in [4.78, 5) is 27.9. The van der Waals surface area contributed by atoms with Crippen molar-refractivity contribution in [2.45, 2.75) is 38.8 Å². The molecule has 2 aliphatic rings. The highest BCUT2D eigenvalue weighted by Crippen LogP contribution is 2.23. The summed E-state index contributed by atoms with van der Waals surface area (Å²) in [6.45, 7) is 2.05. The SMILES string of the molecule is COCCN1CNn2c(COC3CCCCO3)cc(=O)c(OCc3ccccc3)c2C1=O. The molecule has 9 heteroatoms. The highest BCUT2D eigenvalue weighted by atomic mass is 16.7. The van der Waals surface area contributed by atoms with Gasteiger partial charge in [0.2, 0.25) is 5.43 Å². The van der Waals surface area contributed by atoms with Crippen LogP contribution in [0.3, 0.4) is 0 Å². The Morgan fingerprint density at radius 3 is 2.75 bits per heavy atom. The number of hydrogen-bond donors (Lipinski definition) is 1. The van der Waals surface area contributed by atoms with Gasteiger partial charge in [-0.15, -0.1) is 0 Å². The standard InChI is InChI=1S/C23H29N3O6/c1-29-12-10-25-16-24-26-18(15-31-20-9-5-6-11-30-20)13-19(27)22(21(26)23(25)28)32-14-17-7-3-2-4-8-17/h2-4,7-8,13,20,24H,5-6,9-12,14-16H2,1H3. The van der Waals surface area contributed by atoms with Crippen LogP contribution < -0.4 is 15.6 Å². The summed E-state index contributed by atoms with van der Waals surface area (Å²) < 4.78 is 24.1. The first-order valence-electron chi connectivity index (χ1n) is 10.9. The van der Waals surface area contributed by atoms with E-state index in [0.717, 1.165) is 24.8 Å². The van der Waals surface area contributed by atoms with Gasteiger partial charge in [0.1, 0.15) is 13.3 Å². The van der Waals surface area contributed by atoms with E-state index in [0.29, 0.717) is 25.5 Å². The molecule has 9 nitrogen and oxygen atoms in total. The molecule has 1 unspecified atom stereocenters. The zero-order valence-electron chi connectivity index (χ0n) is 18.2. The molecule has 1 atom stereocenters. The first kappa shape index (κ1) is 22.3. The van der Waals surface area contributed by atoms with Gasteiger partial charge in [-0.2, -0.15) is 0 Å². The molecule has 4 rings (SSSR count). The molecule has 0 bridgehead atoms. The molecule has 1 amide bonds. The van der Waals surface area contributed by atoms with Crippen molar-refractivity contribution in [1.29, 1.82) is 0 Å². The van der Waals surface area contributed by atoms with Crippen molar-refractivity contribution in [1.82, 2.24) is 9.58 Å². The van der Waals surface area contributed by atoms with Gasteiger partial charge in [0.15, 0.2) is 17.7 Å². The lowest BCUT2D eigenvalue weighted by Gasteiger charge is -2.33. The van der Waals surface area contributed by atoms with Crippen molar-refractivity contribution in [2.75, 3.05) is 39.0 Å². The smallest absolute Gasteiger partial charge is 0.277 e. The fourth-order valence-corrected chi connectivity index (χ4v) is 3.77. The summed E-state index contributed by atoms with van der Waals surface area (Å²) in [7, 11) is 1.58. The van der Waals surface area contributed by atoms with Crippen LogP contribution in [0, 0.1) is 0 Å². The van der Waals surface area contributed by atoms with Gasteiger partial charge >= 0.3 is 0 Å². The van der Waals surface area contributed by atoms with Gasteiger partial charge in [-0.25, -0.2) is 0 Å². The number of amides is 1. The molecule has 0 aliphatic carbocycles. The first-order valence-corrected chi connectivity index (χ1v) is 10.9. The van der Waals surface area contributed by atoms with Gasteiger partial charge in [0.05, 0.1) is 18.9 Å². The summed E-state index contributed by atoms with van der Waals surface area (Å²) in [6.07, 6.45) is 2.57. The third-order valence-corrected chi connectivity index (χ3v) is 5.50. The highest BCUT2D eigenvalue weighted by Gasteiger charge is 2.31. The van der Waals surface area contributed by atoms with Gasteiger partial charge in [0, 0.05) is 26.3 Å². The molecular formula is C23H29N3O6. The molecule has 2 aliphatic heterocycles. The van der Waals surface area contributed by atoms with Crippen molar-refractivity contribution in [3.8, 4) is 5.75 Å². The average Bonchev–Trinajstić information content (AvgIpc) is 2.83. The molecule has 1 aromatic carbocycles. The van der Waals surface area contributed by atoms with Crippen molar-refractivity contribution in [3.05, 3.63) is 63.6 Å². The summed E-state index contributed by atoms with van der Waals surface area (Å²) >= 11 is 0. The Balaban J connectivity index is 1.62. The van der Waals surface area contributed by atoms with E-state index in [9.17, 15) is 9.59 Å². The topological polar surface area (TPSA) is 91.3 Å². The Morgan fingerprint density at radius 1 is 1.16 bits per heavy atom. The molecular weight excluding hydrogens is 414 g/mol. The van der Waals surface area contributed by atoms with Gasteiger partial charge in [-0.05, 0) is 24.8 Å². The van der Waals surface area contributed by atoms with Gasteiger partial charge in [-0.1, -0.05) is 30.3 Å². The van der Waals surface area contributed by atoms with Crippen molar-refractivity contribution >= 4 is 5.91 Å². The second-order valence-corrected chi connectivity index (χ2v) is 7.77. The molecule has 0 radical (unpaired) electrons. The summed E-state index contributed by atoms with van der Waals surface area (Å²) in [5, 5.41) is 0. The predicted octanol–water partition coefficient (Wildman–Crippen LogP) is 2.07. The van der Waals surface area contributed by atoms with Crippen molar-refractivity contribution < 1.29 is 23.7 Å². The minimum Gasteiger partial charge on any atom is -0.482 e. The number of nitrogens with zero attached hydrogens (tertiary/aromatic N) is 2. The van der Waals surface area contributed by atoms with Crippen LogP contribution in [0.2, 0.25) is 0 Å². The van der Waals surface area contributed by atoms with Crippen molar-refractivity contribution in [3.63, 3.8) is 0 Å². The average molecular weight is 444 g/mol. The minimum atomic E-state index is -0.362. The molecule has 1 fully saturated rings. The number of ether oxygens (including phenoxy) is 4. The van der Waals surface area contributed by atoms with Gasteiger partial charge in [0.25, 0.3) is 5.91 Å². The van der Waals surface area contributed by atoms with E-state index in [-0.39, 0.29) is 49.0 Å². The number of nitrogens with one attached hydrogen (secondary N) is 1. The number of fused-ring (bicyclic) bond motifs is 1. The molecule has 2 aromatic rings. The highest BCUT2D eigenvalue weighted by molar-refractivity contribution is 5.96. The summed E-state index contributed by atoms with van der Waals surface area (Å²) in [5.74, 6) is -0.275. The fraction of sp³-hybridized carbons (Fsp3) is 0.478. The van der Waals surface area contributed by atoms with Crippen LogP contribution in [-0.4, -0.2) is 55.3 Å². The molecule has 1 aromatic heterocycles. The number of methoxy groups -OCH3 is 1. The van der Waals surface area contributed by atoms with Crippen LogP contribution >= 0.6 is 0 Å². The zero-order valence-corrected chi connectivity index (χ0v) is 18.2. The number of carbonyl (C=O) groups excluding carboxylic acids is 1. The maximum absolute atomic E-state index is 13.3. The third-order valence-electron chi connectivity index (χ3n) is 5.50. The number of pyridine rings is 1. The maximum Gasteiger partial charge on any atom is 0.277 e. The largest absolute Gasteiger partial charge is 0.482 e. The number of benzene rings is 1. The third kappa shape index (κ3) is 5.12. The minimum absolute atomic E-state index is 0.0196. The lowest BCUT2D eigenvalue weighted by molar-refractivity contribution is -0.169. The van der Waals surface area contributed by atoms with Crippen LogP contribution in [0.4, 0.5) is 0 Å². The Hall–Kier alpha value is -2.88. The van der Waals surface area contributed by atoms with Crippen LogP contribution in [0.15, 0.2) is 41.2 Å². The van der Waals surface area contributed by atoms with E-state index >= 15 is 0 Å². The van der Waals surface area contributed by atoms with E-state index in [1.807, 2.05) is 30.3 Å². The summed E-state index contributed by atoms with van der Waals surface area (Å²) in [5.41, 5.74) is 4.45. The van der Waals surface area contributed by atoms with Gasteiger partial charge < -0.3 is 29.3 Å². The molecule has 172 valence electrons. The monoisotopic (exact) mass is 443 g/mol. The molecule has 32 heavy (non-hydrogen) atoms. The van der Waals surface area contributed by atoms with Crippen LogP contribution in [-0.2, 0) is 27.4 Å². The number of aromatic nitrogens is 1. The maximum atomic E-state index is 13.3. The fourth-order valence-electron chi connectivity index (χ4n) is 3.77. The van der Waals surface area contributed by atoms with Crippen LogP contribution in [0.1, 0.15) is 41.0 Å². The van der Waals surface area contributed by atoms with Crippen molar-refractivity contribution in [2.24, 2.45) is 0 Å². The quantitative estimate of drug-likeness (QED) is 0.634. The first-order chi connectivity index (χ1) is 15.7. The second kappa shape index (κ2) is 10.6. The van der Waals surface area contributed by atoms with E-state index in [2.05, 4.69) is 5.43 Å². The Kier molecular flexibility index (Phi) is 7.41. The lowest BCUT2D eigenvalue weighted by Crippen LogP contribution is -2.48. The van der Waals surface area contributed by atoms with E-state index in [1.54, 1.807) is 16.7 Å². The normalized spacial score (nSPS) is 18.2. The Morgan fingerprint density at radius 2 is 2.00 bits per heavy atom. The molecule has 1 N–H and O–H groups in total. The Bertz CT molecular complexity index is 972. The number of rotatable bonds is 9. The number of carbonyl (C=O) groups is 1. The molecule has 3 heterocycles. The van der Waals surface area contributed by atoms with E-state index in [1.165, 1.54) is 6.07 Å². The lowest BCUT2D eigenvalue weighted by atomic mass is 10.2.